The highest BCUT2D eigenvalue weighted by Gasteiger charge is 2.19. The Balaban J connectivity index is 2.59. The van der Waals surface area contributed by atoms with Gasteiger partial charge in [-0.2, -0.15) is 0 Å². The summed E-state index contributed by atoms with van der Waals surface area (Å²) in [5, 5.41) is 30.5. The van der Waals surface area contributed by atoms with Gasteiger partial charge in [0.2, 0.25) is 0 Å². The molecule has 3 rings (SSSR count). The van der Waals surface area contributed by atoms with Crippen molar-refractivity contribution in [1.29, 1.82) is 0 Å². The fourth-order valence-corrected chi connectivity index (χ4v) is 2.52. The monoisotopic (exact) mass is 282 g/mol. The van der Waals surface area contributed by atoms with Gasteiger partial charge in [-0.1, -0.05) is 30.3 Å². The van der Waals surface area contributed by atoms with Crippen LogP contribution in [-0.2, 0) is 0 Å². The summed E-state index contributed by atoms with van der Waals surface area (Å²) in [7, 11) is 0. The molecule has 0 spiro atoms. The number of fused-ring (bicyclic) bond motifs is 3. The van der Waals surface area contributed by atoms with Crippen molar-refractivity contribution < 1.29 is 24.9 Å². The van der Waals surface area contributed by atoms with Gasteiger partial charge in [0.1, 0.15) is 11.3 Å². The molecule has 0 aliphatic carbocycles. The Bertz CT molecular complexity index is 911. The molecular formula is C16H10O5. The van der Waals surface area contributed by atoms with Crippen molar-refractivity contribution in [2.24, 2.45) is 0 Å². The molecule has 5 nitrogen and oxygen atoms in total. The van der Waals surface area contributed by atoms with Crippen LogP contribution in [0.15, 0.2) is 42.5 Å². The van der Waals surface area contributed by atoms with E-state index in [1.54, 1.807) is 30.3 Å². The Labute approximate surface area is 118 Å². The van der Waals surface area contributed by atoms with Crippen LogP contribution in [0.4, 0.5) is 0 Å². The summed E-state index contributed by atoms with van der Waals surface area (Å²) in [5.41, 5.74) is -0.313. The van der Waals surface area contributed by atoms with Crippen LogP contribution in [0.1, 0.15) is 20.7 Å². The van der Waals surface area contributed by atoms with Gasteiger partial charge < -0.3 is 15.3 Å². The Hall–Kier alpha value is -3.08. The van der Waals surface area contributed by atoms with Gasteiger partial charge in [0.15, 0.2) is 0 Å². The highest BCUT2D eigenvalue weighted by atomic mass is 16.4. The molecule has 104 valence electrons. The maximum Gasteiger partial charge on any atom is 0.340 e. The number of aromatic carboxylic acids is 2. The molecule has 0 aliphatic rings. The fourth-order valence-electron chi connectivity index (χ4n) is 2.52. The summed E-state index contributed by atoms with van der Waals surface area (Å²) >= 11 is 0. The molecule has 0 fully saturated rings. The smallest absolute Gasteiger partial charge is 0.340 e. The van der Waals surface area contributed by atoms with Crippen molar-refractivity contribution in [3.8, 4) is 5.75 Å². The molecule has 0 aliphatic heterocycles. The second kappa shape index (κ2) is 4.49. The molecule has 0 saturated heterocycles. The normalized spacial score (nSPS) is 10.9. The number of carbonyl (C=O) groups is 2. The van der Waals surface area contributed by atoms with E-state index in [9.17, 15) is 19.8 Å². The zero-order valence-corrected chi connectivity index (χ0v) is 10.7. The summed E-state index contributed by atoms with van der Waals surface area (Å²) < 4.78 is 0. The van der Waals surface area contributed by atoms with Crippen LogP contribution in [0.3, 0.4) is 0 Å². The molecule has 0 unspecified atom stereocenters. The summed E-state index contributed by atoms with van der Waals surface area (Å²) in [5.74, 6) is -2.81. The molecule has 0 amide bonds. The molecule has 3 aromatic carbocycles. The van der Waals surface area contributed by atoms with Crippen LogP contribution in [0, 0.1) is 0 Å². The highest BCUT2D eigenvalue weighted by molar-refractivity contribution is 6.19. The Morgan fingerprint density at radius 1 is 0.762 bits per heavy atom. The summed E-state index contributed by atoms with van der Waals surface area (Å²) in [6, 6.07) is 11.1. The van der Waals surface area contributed by atoms with Crippen LogP contribution in [0.2, 0.25) is 0 Å². The number of aromatic hydroxyl groups is 1. The van der Waals surface area contributed by atoms with Crippen molar-refractivity contribution in [3.63, 3.8) is 0 Å². The average Bonchev–Trinajstić information content (AvgIpc) is 2.46. The van der Waals surface area contributed by atoms with E-state index in [4.69, 9.17) is 5.11 Å². The van der Waals surface area contributed by atoms with Crippen LogP contribution >= 0.6 is 0 Å². The predicted octanol–water partition coefficient (Wildman–Crippen LogP) is 3.10. The van der Waals surface area contributed by atoms with E-state index < -0.39 is 11.9 Å². The lowest BCUT2D eigenvalue weighted by molar-refractivity contribution is 0.0683. The van der Waals surface area contributed by atoms with Gasteiger partial charge in [-0.25, -0.2) is 9.59 Å². The van der Waals surface area contributed by atoms with Gasteiger partial charge in [0.05, 0.1) is 5.56 Å². The lowest BCUT2D eigenvalue weighted by atomic mass is 9.94. The standard InChI is InChI=1S/C16H10O5/c17-14-11-4-2-1-3-9(11)10-6-5-8(15(18)19)7-12(10)13(14)16(20)21/h1-7,17H,(H,18,19)(H,20,21). The fraction of sp³-hybridized carbons (Fsp3) is 0. The topological polar surface area (TPSA) is 94.8 Å². The van der Waals surface area contributed by atoms with Crippen molar-refractivity contribution >= 4 is 33.5 Å². The molecule has 0 radical (unpaired) electrons. The minimum absolute atomic E-state index is 0.0281. The molecule has 0 aromatic heterocycles. The molecule has 5 heteroatoms. The summed E-state index contributed by atoms with van der Waals surface area (Å²) in [6.45, 7) is 0. The van der Waals surface area contributed by atoms with Gasteiger partial charge in [-0.3, -0.25) is 0 Å². The SMILES string of the molecule is O=C(O)c1ccc2c(c1)c(C(=O)O)c(O)c1ccccc12. The van der Waals surface area contributed by atoms with Crippen molar-refractivity contribution in [3.05, 3.63) is 53.6 Å². The first kappa shape index (κ1) is 12.9. The van der Waals surface area contributed by atoms with E-state index in [-0.39, 0.29) is 22.3 Å². The van der Waals surface area contributed by atoms with Crippen LogP contribution < -0.4 is 0 Å². The molecule has 3 aromatic rings. The zero-order chi connectivity index (χ0) is 15.1. The molecule has 0 bridgehead atoms. The third kappa shape index (κ3) is 1.87. The number of phenols is 1. The molecular weight excluding hydrogens is 272 g/mol. The van der Waals surface area contributed by atoms with Crippen molar-refractivity contribution in [2.45, 2.75) is 0 Å². The minimum Gasteiger partial charge on any atom is -0.506 e. The summed E-state index contributed by atoms with van der Waals surface area (Å²) in [6.07, 6.45) is 0. The maximum atomic E-state index is 11.5. The van der Waals surface area contributed by atoms with E-state index in [1.807, 2.05) is 0 Å². The number of benzene rings is 3. The lowest BCUT2D eigenvalue weighted by Gasteiger charge is -2.11. The van der Waals surface area contributed by atoms with Crippen LogP contribution in [0.25, 0.3) is 21.5 Å². The zero-order valence-electron chi connectivity index (χ0n) is 10.7. The van der Waals surface area contributed by atoms with E-state index in [1.165, 1.54) is 12.1 Å². The number of rotatable bonds is 2. The predicted molar refractivity (Wildman–Crippen MR) is 77.0 cm³/mol. The van der Waals surface area contributed by atoms with E-state index in [0.717, 1.165) is 0 Å². The first-order chi connectivity index (χ1) is 10.0. The number of carboxylic acid groups (broad SMARTS) is 2. The van der Waals surface area contributed by atoms with Crippen molar-refractivity contribution in [1.82, 2.24) is 0 Å². The number of hydrogen-bond acceptors (Lipinski definition) is 3. The molecule has 0 saturated carbocycles. The average molecular weight is 282 g/mol. The maximum absolute atomic E-state index is 11.5. The Kier molecular flexibility index (Phi) is 2.76. The van der Waals surface area contributed by atoms with Crippen LogP contribution in [-0.4, -0.2) is 27.3 Å². The van der Waals surface area contributed by atoms with Gasteiger partial charge in [0.25, 0.3) is 0 Å². The van der Waals surface area contributed by atoms with Gasteiger partial charge >= 0.3 is 11.9 Å². The molecule has 0 heterocycles. The van der Waals surface area contributed by atoms with Crippen LogP contribution in [0.5, 0.6) is 5.75 Å². The second-order valence-corrected chi connectivity index (χ2v) is 4.64. The van der Waals surface area contributed by atoms with Gasteiger partial charge in [0, 0.05) is 10.8 Å². The first-order valence-electron chi connectivity index (χ1n) is 6.14. The highest BCUT2D eigenvalue weighted by Crippen LogP contribution is 2.37. The third-order valence-corrected chi connectivity index (χ3v) is 3.46. The first-order valence-corrected chi connectivity index (χ1v) is 6.14. The van der Waals surface area contributed by atoms with Gasteiger partial charge in [-0.15, -0.1) is 0 Å². The molecule has 0 atom stereocenters. The molecule has 21 heavy (non-hydrogen) atoms. The van der Waals surface area contributed by atoms with E-state index >= 15 is 0 Å². The minimum atomic E-state index is -1.30. The summed E-state index contributed by atoms with van der Waals surface area (Å²) in [4.78, 5) is 22.5. The largest absolute Gasteiger partial charge is 0.506 e. The Morgan fingerprint density at radius 2 is 1.38 bits per heavy atom. The third-order valence-electron chi connectivity index (χ3n) is 3.46. The van der Waals surface area contributed by atoms with E-state index in [0.29, 0.717) is 16.2 Å². The quantitative estimate of drug-likeness (QED) is 0.628. The Morgan fingerprint density at radius 3 is 2.00 bits per heavy atom. The van der Waals surface area contributed by atoms with E-state index in [2.05, 4.69) is 0 Å². The number of hydrogen-bond donors (Lipinski definition) is 3. The lowest BCUT2D eigenvalue weighted by Crippen LogP contribution is -2.02. The van der Waals surface area contributed by atoms with Crippen molar-refractivity contribution in [2.75, 3.05) is 0 Å². The number of carboxylic acids is 2. The second-order valence-electron chi connectivity index (χ2n) is 4.64. The van der Waals surface area contributed by atoms with Gasteiger partial charge in [-0.05, 0) is 22.9 Å². The molecule has 3 N–H and O–H groups in total.